The predicted molar refractivity (Wildman–Crippen MR) is 99.7 cm³/mol. The number of ether oxygens (including phenoxy) is 2. The zero-order valence-electron chi connectivity index (χ0n) is 14.0. The molecule has 2 aliphatic heterocycles. The fraction of sp³-hybridized carbons (Fsp3) is 0.400. The highest BCUT2D eigenvalue weighted by Gasteiger charge is 2.42. The lowest BCUT2D eigenvalue weighted by atomic mass is 9.80. The zero-order valence-corrected chi connectivity index (χ0v) is 15.6. The molecule has 1 N–H and O–H groups in total. The van der Waals surface area contributed by atoms with Gasteiger partial charge in [0.1, 0.15) is 5.75 Å². The van der Waals surface area contributed by atoms with Crippen LogP contribution in [0.1, 0.15) is 42.2 Å². The maximum atomic E-state index is 6.13. The molecule has 3 nitrogen and oxygen atoms in total. The molecule has 2 heterocycles. The maximum Gasteiger partial charge on any atom is 0.124 e. The summed E-state index contributed by atoms with van der Waals surface area (Å²) in [5, 5.41) is 3.76. The largest absolute Gasteiger partial charge is 0.494 e. The van der Waals surface area contributed by atoms with Crippen molar-refractivity contribution in [2.75, 3.05) is 18.5 Å². The van der Waals surface area contributed by atoms with E-state index in [0.717, 1.165) is 23.2 Å². The molecule has 2 aromatic rings. The lowest BCUT2D eigenvalue weighted by Crippen LogP contribution is -2.29. The fourth-order valence-electron chi connectivity index (χ4n) is 3.95. The number of rotatable bonds is 3. The van der Waals surface area contributed by atoms with Gasteiger partial charge >= 0.3 is 0 Å². The number of hydrogen-bond donors (Lipinski definition) is 1. The van der Waals surface area contributed by atoms with Gasteiger partial charge in [-0.05, 0) is 44.5 Å². The lowest BCUT2D eigenvalue weighted by molar-refractivity contribution is 0.0826. The highest BCUT2D eigenvalue weighted by molar-refractivity contribution is 9.10. The minimum Gasteiger partial charge on any atom is -0.494 e. The van der Waals surface area contributed by atoms with Gasteiger partial charge in [0.15, 0.2) is 0 Å². The van der Waals surface area contributed by atoms with Crippen molar-refractivity contribution in [2.24, 2.45) is 5.92 Å². The predicted octanol–water partition coefficient (Wildman–Crippen LogP) is 5.40. The maximum absolute atomic E-state index is 6.13. The molecule has 24 heavy (non-hydrogen) atoms. The number of benzene rings is 2. The molecule has 4 heteroatoms. The second-order valence-corrected chi connectivity index (χ2v) is 7.49. The Hall–Kier alpha value is -1.52. The van der Waals surface area contributed by atoms with Crippen LogP contribution in [0.4, 0.5) is 5.69 Å². The van der Waals surface area contributed by atoms with Crippen LogP contribution >= 0.6 is 15.9 Å². The third-order valence-corrected chi connectivity index (χ3v) is 5.49. The average Bonchev–Trinajstić information content (AvgIpc) is 3.06. The molecule has 1 saturated heterocycles. The van der Waals surface area contributed by atoms with Crippen molar-refractivity contribution in [3.63, 3.8) is 0 Å². The molecule has 0 saturated carbocycles. The molecule has 3 atom stereocenters. The first kappa shape index (κ1) is 16.0. The number of fused-ring (bicyclic) bond motifs is 3. The van der Waals surface area contributed by atoms with Crippen LogP contribution in [-0.2, 0) is 4.74 Å². The van der Waals surface area contributed by atoms with Crippen molar-refractivity contribution in [1.29, 1.82) is 0 Å². The highest BCUT2D eigenvalue weighted by atomic mass is 79.9. The number of nitrogens with one attached hydrogen (secondary N) is 1. The van der Waals surface area contributed by atoms with Gasteiger partial charge in [-0.3, -0.25) is 0 Å². The van der Waals surface area contributed by atoms with E-state index in [-0.39, 0.29) is 12.1 Å². The van der Waals surface area contributed by atoms with Crippen LogP contribution in [0.5, 0.6) is 5.75 Å². The van der Waals surface area contributed by atoms with Crippen molar-refractivity contribution in [3.8, 4) is 5.75 Å². The van der Waals surface area contributed by atoms with E-state index in [4.69, 9.17) is 9.47 Å². The van der Waals surface area contributed by atoms with Crippen molar-refractivity contribution in [3.05, 3.63) is 57.6 Å². The monoisotopic (exact) mass is 387 g/mol. The van der Waals surface area contributed by atoms with Gasteiger partial charge in [-0.25, -0.2) is 0 Å². The minimum absolute atomic E-state index is 0.166. The van der Waals surface area contributed by atoms with Crippen molar-refractivity contribution in [2.45, 2.75) is 32.4 Å². The molecule has 2 aromatic carbocycles. The Morgan fingerprint density at radius 3 is 2.92 bits per heavy atom. The van der Waals surface area contributed by atoms with Crippen molar-refractivity contribution < 1.29 is 9.47 Å². The van der Waals surface area contributed by atoms with Crippen LogP contribution in [0.15, 0.2) is 40.9 Å². The molecular weight excluding hydrogens is 366 g/mol. The van der Waals surface area contributed by atoms with Gasteiger partial charge in [0.05, 0.1) is 18.8 Å². The number of hydrogen-bond acceptors (Lipinski definition) is 3. The Morgan fingerprint density at radius 2 is 2.08 bits per heavy atom. The Morgan fingerprint density at radius 1 is 1.21 bits per heavy atom. The first-order valence-electron chi connectivity index (χ1n) is 8.58. The SMILES string of the molecule is CCOc1ccc(Br)cc1[C@@H]1Nc2ccc(C)cc2[C@H]2OCC[C@H]21. The summed E-state index contributed by atoms with van der Waals surface area (Å²) in [4.78, 5) is 0. The molecule has 0 radical (unpaired) electrons. The third kappa shape index (κ3) is 2.72. The summed E-state index contributed by atoms with van der Waals surface area (Å²) in [6.07, 6.45) is 1.23. The van der Waals surface area contributed by atoms with Crippen LogP contribution in [-0.4, -0.2) is 13.2 Å². The molecule has 0 amide bonds. The molecule has 0 unspecified atom stereocenters. The van der Waals surface area contributed by atoms with E-state index >= 15 is 0 Å². The smallest absolute Gasteiger partial charge is 0.124 e. The Bertz CT molecular complexity index is 761. The van der Waals surface area contributed by atoms with Crippen LogP contribution in [0.25, 0.3) is 0 Å². The van der Waals surface area contributed by atoms with Gasteiger partial charge in [0.2, 0.25) is 0 Å². The molecule has 0 aromatic heterocycles. The van der Waals surface area contributed by atoms with Gasteiger partial charge in [-0.15, -0.1) is 0 Å². The molecule has 1 fully saturated rings. The summed E-state index contributed by atoms with van der Waals surface area (Å²) in [5.41, 5.74) is 4.96. The molecule has 0 aliphatic carbocycles. The van der Waals surface area contributed by atoms with Crippen molar-refractivity contribution in [1.82, 2.24) is 0 Å². The van der Waals surface area contributed by atoms with Crippen LogP contribution in [0.3, 0.4) is 0 Å². The van der Waals surface area contributed by atoms with E-state index in [0.29, 0.717) is 12.5 Å². The third-order valence-electron chi connectivity index (χ3n) is 5.00. The number of halogens is 1. The van der Waals surface area contributed by atoms with E-state index < -0.39 is 0 Å². The Labute approximate surface area is 151 Å². The molecular formula is C20H22BrNO2. The molecule has 0 bridgehead atoms. The topological polar surface area (TPSA) is 30.5 Å². The van der Waals surface area contributed by atoms with Gasteiger partial charge in [-0.2, -0.15) is 0 Å². The number of aryl methyl sites for hydroxylation is 1. The Balaban J connectivity index is 1.79. The molecule has 0 spiro atoms. The molecule has 4 rings (SSSR count). The molecule has 2 aliphatic rings. The van der Waals surface area contributed by atoms with Crippen molar-refractivity contribution >= 4 is 21.6 Å². The normalized spacial score (nSPS) is 24.9. The molecule has 126 valence electrons. The highest BCUT2D eigenvalue weighted by Crippen LogP contribution is 2.51. The van der Waals surface area contributed by atoms with Gasteiger partial charge < -0.3 is 14.8 Å². The van der Waals surface area contributed by atoms with E-state index in [1.54, 1.807) is 0 Å². The first-order valence-corrected chi connectivity index (χ1v) is 9.37. The van der Waals surface area contributed by atoms with Crippen LogP contribution < -0.4 is 10.1 Å². The van der Waals surface area contributed by atoms with E-state index in [1.165, 1.54) is 22.4 Å². The fourth-order valence-corrected chi connectivity index (χ4v) is 4.33. The van der Waals surface area contributed by atoms with Gasteiger partial charge in [0, 0.05) is 33.8 Å². The zero-order chi connectivity index (χ0) is 16.7. The standard InChI is InChI=1S/C20H22BrNO2/c1-3-23-18-7-5-13(21)11-16(18)19-14-8-9-24-20(14)15-10-12(2)4-6-17(15)22-19/h4-7,10-11,14,19-20,22H,3,8-9H2,1-2H3/t14-,19+,20-/m0/s1. The quantitative estimate of drug-likeness (QED) is 0.764. The first-order chi connectivity index (χ1) is 11.7. The summed E-state index contributed by atoms with van der Waals surface area (Å²) in [6.45, 7) is 5.65. The summed E-state index contributed by atoms with van der Waals surface area (Å²) in [7, 11) is 0. The van der Waals surface area contributed by atoms with E-state index in [1.807, 2.05) is 13.0 Å². The van der Waals surface area contributed by atoms with Crippen LogP contribution in [0.2, 0.25) is 0 Å². The summed E-state index contributed by atoms with van der Waals surface area (Å²) in [5.74, 6) is 1.38. The van der Waals surface area contributed by atoms with E-state index in [2.05, 4.69) is 58.5 Å². The average molecular weight is 388 g/mol. The summed E-state index contributed by atoms with van der Waals surface area (Å²) >= 11 is 3.61. The second-order valence-electron chi connectivity index (χ2n) is 6.57. The summed E-state index contributed by atoms with van der Waals surface area (Å²) in [6, 6.07) is 13.1. The summed E-state index contributed by atoms with van der Waals surface area (Å²) < 4.78 is 13.1. The van der Waals surface area contributed by atoms with E-state index in [9.17, 15) is 0 Å². The van der Waals surface area contributed by atoms with Gasteiger partial charge in [-0.1, -0.05) is 33.6 Å². The minimum atomic E-state index is 0.166. The Kier molecular flexibility index (Phi) is 4.27. The lowest BCUT2D eigenvalue weighted by Gasteiger charge is -2.37. The second kappa shape index (κ2) is 6.41. The van der Waals surface area contributed by atoms with Gasteiger partial charge in [0.25, 0.3) is 0 Å². The van der Waals surface area contributed by atoms with Crippen LogP contribution in [0, 0.1) is 12.8 Å². The number of anilines is 1.